The molecule has 0 aliphatic carbocycles. The average molecular weight is 584 g/mol. The third-order valence-corrected chi connectivity index (χ3v) is 29.9. The summed E-state index contributed by atoms with van der Waals surface area (Å²) in [6.07, 6.45) is 6.92. The van der Waals surface area contributed by atoms with E-state index in [0.29, 0.717) is 0 Å². The fourth-order valence-electron chi connectivity index (χ4n) is 5.20. The minimum atomic E-state index is -4.46. The fourth-order valence-corrected chi connectivity index (χ4v) is 32.4. The summed E-state index contributed by atoms with van der Waals surface area (Å²) < 4.78 is 29.0. The third-order valence-electron chi connectivity index (χ3n) is 5.78. The van der Waals surface area contributed by atoms with E-state index in [2.05, 4.69) is 83.1 Å². The summed E-state index contributed by atoms with van der Waals surface area (Å²) in [7, 11) is -4.12. The fraction of sp³-hybridized carbons (Fsp3) is 1.00. The van der Waals surface area contributed by atoms with E-state index in [4.69, 9.17) is 10.6 Å². The minimum absolute atomic E-state index is 0.364. The molecule has 33 heavy (non-hydrogen) atoms. The summed E-state index contributed by atoms with van der Waals surface area (Å²) in [5.74, 6) is 0. The van der Waals surface area contributed by atoms with Gasteiger partial charge in [-0.1, -0.05) is 0 Å². The zero-order valence-corrected chi connectivity index (χ0v) is 29.1. The molecular weight excluding hydrogens is 524 g/mol. The molecule has 0 fully saturated rings. The van der Waals surface area contributed by atoms with Crippen LogP contribution >= 0.6 is 0 Å². The van der Waals surface area contributed by atoms with Crippen molar-refractivity contribution < 1.29 is 32.7 Å². The Kier molecular flexibility index (Phi) is 16.0. The molecule has 0 amide bonds. The van der Waals surface area contributed by atoms with Gasteiger partial charge in [-0.15, -0.1) is 0 Å². The van der Waals surface area contributed by atoms with E-state index in [1.165, 1.54) is 36.3 Å². The number of hydrogen-bond acceptors (Lipinski definition) is 4. The van der Waals surface area contributed by atoms with Gasteiger partial charge >= 0.3 is 218 Å². The van der Waals surface area contributed by atoms with E-state index in [0.717, 1.165) is 38.5 Å². The first-order valence-electron chi connectivity index (χ1n) is 14.0. The Labute approximate surface area is 217 Å². The Bertz CT molecular complexity index is 437. The van der Waals surface area contributed by atoms with Crippen molar-refractivity contribution >= 4 is 16.6 Å². The van der Waals surface area contributed by atoms with Crippen LogP contribution in [0.1, 0.15) is 122 Å². The maximum atomic E-state index is 7.51. The van der Waals surface area contributed by atoms with Gasteiger partial charge in [-0.2, -0.15) is 0 Å². The second-order valence-corrected chi connectivity index (χ2v) is 26.6. The van der Waals surface area contributed by atoms with Gasteiger partial charge in [0.2, 0.25) is 0 Å². The van der Waals surface area contributed by atoms with Crippen LogP contribution in [0.2, 0.25) is 36.3 Å². The van der Waals surface area contributed by atoms with Crippen molar-refractivity contribution in [3.8, 4) is 0 Å². The zero-order valence-electron chi connectivity index (χ0n) is 24.6. The van der Waals surface area contributed by atoms with Crippen LogP contribution in [-0.4, -0.2) is 27.8 Å². The molecule has 0 aromatic rings. The molecule has 0 aromatic carbocycles. The van der Waals surface area contributed by atoms with Gasteiger partial charge < -0.3 is 0 Å². The van der Waals surface area contributed by atoms with Crippen molar-refractivity contribution in [2.75, 3.05) is 0 Å². The Morgan fingerprint density at radius 1 is 0.455 bits per heavy atom. The van der Waals surface area contributed by atoms with Crippen LogP contribution in [0, 0.1) is 0 Å². The van der Waals surface area contributed by atoms with Gasteiger partial charge in [0.15, 0.2) is 0 Å². The third kappa shape index (κ3) is 13.3. The van der Waals surface area contributed by atoms with Gasteiger partial charge in [0.1, 0.15) is 0 Å². The number of hydrogen-bond donors (Lipinski definition) is 0. The van der Waals surface area contributed by atoms with Crippen LogP contribution < -0.4 is 0 Å². The van der Waals surface area contributed by atoms with Crippen molar-refractivity contribution in [1.82, 2.24) is 0 Å². The van der Waals surface area contributed by atoms with Crippen molar-refractivity contribution in [2.24, 2.45) is 0 Å². The van der Waals surface area contributed by atoms with Gasteiger partial charge in [-0.25, -0.2) is 0 Å². The van der Waals surface area contributed by atoms with Crippen LogP contribution in [0.15, 0.2) is 0 Å². The monoisotopic (exact) mass is 582 g/mol. The molecule has 0 heterocycles. The predicted octanol–water partition coefficient (Wildman–Crippen LogP) is 9.81. The van der Waals surface area contributed by atoms with Crippen molar-refractivity contribution in [1.29, 1.82) is 0 Å². The van der Waals surface area contributed by atoms with E-state index >= 15 is 0 Å². The first-order chi connectivity index (χ1) is 15.2. The molecule has 0 aliphatic heterocycles. The molecule has 0 aromatic heterocycles. The van der Waals surface area contributed by atoms with Crippen LogP contribution in [0.25, 0.3) is 0 Å². The van der Waals surface area contributed by atoms with Crippen molar-refractivity contribution in [3.63, 3.8) is 0 Å². The molecular formula is C26H60O4Si2Zr. The van der Waals surface area contributed by atoms with Crippen LogP contribution in [0.5, 0.6) is 0 Å². The normalized spacial score (nSPS) is 14.2. The summed E-state index contributed by atoms with van der Waals surface area (Å²) in [5.41, 5.74) is -0.728. The zero-order chi connectivity index (χ0) is 25.8. The van der Waals surface area contributed by atoms with Gasteiger partial charge in [0.05, 0.1) is 0 Å². The molecule has 0 atom stereocenters. The molecule has 0 unspecified atom stereocenters. The van der Waals surface area contributed by atoms with E-state index < -0.39 is 38.7 Å². The molecule has 0 spiro atoms. The van der Waals surface area contributed by atoms with Crippen molar-refractivity contribution in [2.45, 2.75) is 169 Å². The standard InChI is InChI=1S/2C9H21OSi.2C4H9O.Zr/c2*1-4-7-11(10,8-5-2)9-6-3;2*1-4(2,3)5;/h2*4-9H2,1-3H3;2*1-3H3;/q4*-1;+4. The molecule has 0 bridgehead atoms. The molecule has 0 rings (SSSR count). The summed E-state index contributed by atoms with van der Waals surface area (Å²) >= 11 is -4.46. The maximum absolute atomic E-state index is 7.51. The Morgan fingerprint density at radius 2 is 0.667 bits per heavy atom. The van der Waals surface area contributed by atoms with E-state index in [1.807, 2.05) is 0 Å². The van der Waals surface area contributed by atoms with E-state index in [1.54, 1.807) is 0 Å². The molecule has 7 heteroatoms. The topological polar surface area (TPSA) is 36.9 Å². The SMILES string of the molecule is CCC[Si](CCC)(CCC)[O][Zr]([O]C(C)(C)C)([O]C(C)(C)C)[O][Si](CCC)(CCC)CCC. The summed E-state index contributed by atoms with van der Waals surface area (Å²) in [6.45, 7) is 26.6. The van der Waals surface area contributed by atoms with E-state index in [9.17, 15) is 0 Å². The Morgan fingerprint density at radius 3 is 0.818 bits per heavy atom. The quantitative estimate of drug-likeness (QED) is 0.150. The van der Waals surface area contributed by atoms with Gasteiger partial charge in [0.25, 0.3) is 0 Å². The van der Waals surface area contributed by atoms with Crippen LogP contribution in [0.3, 0.4) is 0 Å². The summed E-state index contributed by atoms with van der Waals surface area (Å²) in [4.78, 5) is 0. The second kappa shape index (κ2) is 15.4. The molecule has 0 radical (unpaired) electrons. The van der Waals surface area contributed by atoms with Crippen LogP contribution in [0.4, 0.5) is 0 Å². The van der Waals surface area contributed by atoms with Gasteiger partial charge in [-0.05, 0) is 0 Å². The molecule has 4 nitrogen and oxygen atoms in total. The first-order valence-corrected chi connectivity index (χ1v) is 23.1. The summed E-state index contributed by atoms with van der Waals surface area (Å²) in [5, 5.41) is 0. The van der Waals surface area contributed by atoms with Crippen molar-refractivity contribution in [3.05, 3.63) is 0 Å². The molecule has 0 aliphatic rings. The van der Waals surface area contributed by atoms with E-state index in [-0.39, 0.29) is 11.2 Å². The molecule has 200 valence electrons. The van der Waals surface area contributed by atoms with Gasteiger partial charge in [0, 0.05) is 0 Å². The first kappa shape index (κ1) is 34.2. The average Bonchev–Trinajstić information content (AvgIpc) is 2.59. The van der Waals surface area contributed by atoms with Crippen LogP contribution in [-0.2, 0) is 32.7 Å². The molecule has 0 saturated heterocycles. The number of rotatable bonds is 18. The molecule has 0 saturated carbocycles. The Balaban J connectivity index is 6.84. The summed E-state index contributed by atoms with van der Waals surface area (Å²) in [6, 6.07) is 7.01. The molecule has 0 N–H and O–H groups in total. The second-order valence-electron chi connectivity index (χ2n) is 12.0. The Hall–Kier alpha value is 1.16. The van der Waals surface area contributed by atoms with Gasteiger partial charge in [-0.3, -0.25) is 0 Å². The predicted molar refractivity (Wildman–Crippen MR) is 146 cm³/mol.